The Morgan fingerprint density at radius 2 is 0.727 bits per heavy atom. The van der Waals surface area contributed by atoms with Gasteiger partial charge >= 0.3 is 0 Å². The summed E-state index contributed by atoms with van der Waals surface area (Å²) in [5, 5.41) is 18.6. The second-order valence-corrected chi connectivity index (χ2v) is 19.1. The lowest BCUT2D eigenvalue weighted by Gasteiger charge is -2.31. The summed E-state index contributed by atoms with van der Waals surface area (Å²) in [4.78, 5) is 29.3. The molecule has 9 heteroatoms. The highest BCUT2D eigenvalue weighted by molar-refractivity contribution is 7.14. The van der Waals surface area contributed by atoms with E-state index in [0.717, 1.165) is 9.75 Å². The van der Waals surface area contributed by atoms with Crippen LogP contribution in [0.15, 0.2) is 139 Å². The van der Waals surface area contributed by atoms with E-state index in [-0.39, 0.29) is 23.2 Å². The lowest BCUT2D eigenvalue weighted by molar-refractivity contribution is -0.114. The molecule has 6 nitrogen and oxygen atoms in total. The van der Waals surface area contributed by atoms with Crippen molar-refractivity contribution in [3.05, 3.63) is 140 Å². The van der Waals surface area contributed by atoms with E-state index in [9.17, 15) is 18.4 Å². The van der Waals surface area contributed by atoms with Crippen molar-refractivity contribution in [2.75, 3.05) is 0 Å². The molecule has 55 heavy (non-hydrogen) atoms. The number of benzene rings is 2. The van der Waals surface area contributed by atoms with Gasteiger partial charge in [-0.2, -0.15) is 10.2 Å². The van der Waals surface area contributed by atoms with Crippen LogP contribution in [0.5, 0.6) is 0 Å². The number of hydrogen-bond acceptors (Lipinski definition) is 7. The van der Waals surface area contributed by atoms with Gasteiger partial charge in [0, 0.05) is 33.4 Å². The fraction of sp³-hybridized carbons (Fsp3) is 0.348. The second kappa shape index (κ2) is 15.3. The van der Waals surface area contributed by atoms with E-state index in [1.165, 1.54) is 35.6 Å². The molecule has 0 saturated carbocycles. The third kappa shape index (κ3) is 9.62. The van der Waals surface area contributed by atoms with Crippen molar-refractivity contribution in [3.8, 4) is 0 Å². The number of Topliss-reactive ketones (excluding diaryl/α,β-unsaturated/α-hetero) is 2. The number of rotatable bonds is 6. The van der Waals surface area contributed by atoms with E-state index in [4.69, 9.17) is 10.2 Å². The van der Waals surface area contributed by atoms with Gasteiger partial charge in [-0.1, -0.05) is 83.1 Å². The number of azo groups is 2. The van der Waals surface area contributed by atoms with Crippen molar-refractivity contribution in [1.82, 2.24) is 0 Å². The van der Waals surface area contributed by atoms with Crippen LogP contribution in [0.4, 0.5) is 20.2 Å². The van der Waals surface area contributed by atoms with Gasteiger partial charge in [-0.05, 0) is 107 Å². The van der Waals surface area contributed by atoms with E-state index in [2.05, 4.69) is 10.2 Å². The molecule has 0 N–H and O–H groups in total. The Hall–Kier alpha value is -5.02. The topological polar surface area (TPSA) is 83.6 Å². The number of carbonyl (C=O) groups is 2. The van der Waals surface area contributed by atoms with Crippen molar-refractivity contribution in [2.24, 2.45) is 42.1 Å². The Labute approximate surface area is 328 Å². The molecule has 0 fully saturated rings. The van der Waals surface area contributed by atoms with Gasteiger partial charge in [-0.3, -0.25) is 9.59 Å². The number of halogens is 2. The molecule has 1 heterocycles. The van der Waals surface area contributed by atoms with Crippen molar-refractivity contribution >= 4 is 45.7 Å². The molecule has 0 radical (unpaired) electrons. The lowest BCUT2D eigenvalue weighted by Crippen LogP contribution is -2.28. The zero-order valence-electron chi connectivity index (χ0n) is 33.9. The number of hydrogen-bond donors (Lipinski definition) is 0. The quantitative estimate of drug-likeness (QED) is 0.234. The highest BCUT2D eigenvalue weighted by atomic mass is 32.1. The van der Waals surface area contributed by atoms with E-state index < -0.39 is 21.7 Å². The maximum absolute atomic E-state index is 13.9. The molecule has 0 amide bonds. The Morgan fingerprint density at radius 3 is 0.982 bits per heavy atom. The van der Waals surface area contributed by atoms with Crippen LogP contribution in [0, 0.1) is 33.3 Å². The minimum Gasteiger partial charge on any atom is -0.289 e. The normalized spacial score (nSPS) is 16.1. The van der Waals surface area contributed by atoms with Gasteiger partial charge in [0.1, 0.15) is 23.0 Å². The Morgan fingerprint density at radius 1 is 0.455 bits per heavy atom. The SMILES string of the molecule is CC(C)(C)C1=CC(=C(N=Nc2ccc(F)cc2)c2ccc(C(N=Nc3ccc(F)cc3)=C3C=C(C(C)(C)C)C(=O)C(C(C)(C)C)=C3)s2)C=C(C(C)(C)C)C1=O. The Balaban J connectivity index is 1.82. The number of ketones is 2. The number of carbonyl (C=O) groups excluding carboxylic acids is 2. The van der Waals surface area contributed by atoms with Crippen LogP contribution < -0.4 is 0 Å². The predicted molar refractivity (Wildman–Crippen MR) is 220 cm³/mol. The summed E-state index contributed by atoms with van der Waals surface area (Å²) < 4.78 is 27.6. The monoisotopic (exact) mass is 760 g/mol. The van der Waals surface area contributed by atoms with Gasteiger partial charge in [0.15, 0.2) is 11.6 Å². The largest absolute Gasteiger partial charge is 0.289 e. The van der Waals surface area contributed by atoms with E-state index >= 15 is 0 Å². The van der Waals surface area contributed by atoms with E-state index in [1.807, 2.05) is 120 Å². The average molecular weight is 761 g/mol. The molecule has 2 aliphatic rings. The molecule has 0 atom stereocenters. The maximum Gasteiger partial charge on any atom is 0.186 e. The van der Waals surface area contributed by atoms with Crippen LogP contribution in [0.3, 0.4) is 0 Å². The molecule has 2 aliphatic carbocycles. The van der Waals surface area contributed by atoms with Gasteiger partial charge < -0.3 is 0 Å². The zero-order chi connectivity index (χ0) is 40.7. The fourth-order valence-electron chi connectivity index (χ4n) is 6.08. The van der Waals surface area contributed by atoms with Gasteiger partial charge in [0.2, 0.25) is 0 Å². The minimum atomic E-state index is -0.460. The Kier molecular flexibility index (Phi) is 11.4. The number of allylic oxidation sites excluding steroid dienone is 10. The lowest BCUT2D eigenvalue weighted by atomic mass is 9.71. The van der Waals surface area contributed by atoms with Crippen LogP contribution >= 0.6 is 11.3 Å². The highest BCUT2D eigenvalue weighted by Gasteiger charge is 2.36. The van der Waals surface area contributed by atoms with Crippen molar-refractivity contribution in [3.63, 3.8) is 0 Å². The average Bonchev–Trinajstić information content (AvgIpc) is 3.55. The second-order valence-electron chi connectivity index (χ2n) is 18.0. The summed E-state index contributed by atoms with van der Waals surface area (Å²) in [6.45, 7) is 24.2. The van der Waals surface area contributed by atoms with Gasteiger partial charge in [0.25, 0.3) is 0 Å². The fourth-order valence-corrected chi connectivity index (χ4v) is 7.10. The summed E-state index contributed by atoms with van der Waals surface area (Å²) in [5.74, 6) is -0.774. The standard InChI is InChI=1S/C46H50F2N4O2S/c1-43(2,3)33-23-27(24-34(41(33)53)44(4,5)6)39(51-49-31-17-13-29(47)14-18-31)37-21-22-38(55-37)40(52-50-32-19-15-30(48)16-20-32)28-25-35(45(7,8)9)42(54)36(26-28)46(10,11)12/h13-26H,1-12H3. The molecule has 3 aromatic rings. The zero-order valence-corrected chi connectivity index (χ0v) is 34.7. The van der Waals surface area contributed by atoms with Gasteiger partial charge in [0.05, 0.1) is 21.1 Å². The molecule has 0 saturated heterocycles. The van der Waals surface area contributed by atoms with Crippen LogP contribution in [0.25, 0.3) is 11.4 Å². The molecular weight excluding hydrogens is 711 g/mol. The molecule has 0 bridgehead atoms. The first kappa shape index (κ1) is 41.1. The molecule has 1 aromatic heterocycles. The molecule has 0 aliphatic heterocycles. The summed E-state index contributed by atoms with van der Waals surface area (Å²) in [5.41, 5.74) is 4.17. The molecule has 2 aromatic carbocycles. The molecule has 286 valence electrons. The maximum atomic E-state index is 13.9. The predicted octanol–water partition coefficient (Wildman–Crippen LogP) is 14.1. The third-order valence-electron chi connectivity index (χ3n) is 9.21. The number of nitrogens with zero attached hydrogens (tertiary/aromatic N) is 4. The van der Waals surface area contributed by atoms with Crippen molar-refractivity contribution in [2.45, 2.75) is 83.1 Å². The smallest absolute Gasteiger partial charge is 0.186 e. The summed E-state index contributed by atoms with van der Waals surface area (Å²) in [7, 11) is 0. The van der Waals surface area contributed by atoms with Gasteiger partial charge in [-0.25, -0.2) is 8.78 Å². The third-order valence-corrected chi connectivity index (χ3v) is 10.3. The first-order chi connectivity index (χ1) is 25.4. The number of thiophene rings is 1. The molecule has 5 rings (SSSR count). The van der Waals surface area contributed by atoms with E-state index in [1.54, 1.807) is 24.3 Å². The van der Waals surface area contributed by atoms with Gasteiger partial charge in [-0.15, -0.1) is 21.6 Å². The first-order valence-corrected chi connectivity index (χ1v) is 19.2. The first-order valence-electron chi connectivity index (χ1n) is 18.4. The highest BCUT2D eigenvalue weighted by Crippen LogP contribution is 2.45. The van der Waals surface area contributed by atoms with Crippen LogP contribution in [0.1, 0.15) is 92.8 Å². The summed E-state index contributed by atoms with van der Waals surface area (Å²) in [6, 6.07) is 15.4. The van der Waals surface area contributed by atoms with Crippen molar-refractivity contribution < 1.29 is 18.4 Å². The van der Waals surface area contributed by atoms with E-state index in [0.29, 0.717) is 56.2 Å². The summed E-state index contributed by atoms with van der Waals surface area (Å²) in [6.07, 6.45) is 7.58. The summed E-state index contributed by atoms with van der Waals surface area (Å²) >= 11 is 1.42. The van der Waals surface area contributed by atoms with Crippen LogP contribution in [-0.4, -0.2) is 11.6 Å². The molecule has 0 unspecified atom stereocenters. The van der Waals surface area contributed by atoms with Crippen LogP contribution in [-0.2, 0) is 9.59 Å². The molecular formula is C46H50F2N4O2S. The minimum absolute atomic E-state index is 0.00612. The molecule has 0 spiro atoms. The Bertz CT molecular complexity index is 2030. The van der Waals surface area contributed by atoms with Crippen molar-refractivity contribution in [1.29, 1.82) is 0 Å². The van der Waals surface area contributed by atoms with Crippen LogP contribution in [0.2, 0.25) is 0 Å².